The molecule has 0 aliphatic carbocycles. The predicted octanol–water partition coefficient (Wildman–Crippen LogP) is 2.34. The third-order valence-corrected chi connectivity index (χ3v) is 2.83. The third-order valence-electron chi connectivity index (χ3n) is 2.83. The van der Waals surface area contributed by atoms with Crippen LogP contribution in [0, 0.1) is 0 Å². The fraction of sp³-hybridized carbons (Fsp3) is 0.200. The van der Waals surface area contributed by atoms with Crippen LogP contribution in [0.2, 0.25) is 0 Å². The van der Waals surface area contributed by atoms with Gasteiger partial charge in [-0.15, -0.1) is 0 Å². The number of hydrogen-bond acceptors (Lipinski definition) is 5. The van der Waals surface area contributed by atoms with Crippen LogP contribution in [0.15, 0.2) is 36.5 Å². The minimum Gasteiger partial charge on any atom is -0.448 e. The summed E-state index contributed by atoms with van der Waals surface area (Å²) in [5.74, 6) is -0.510. The van der Waals surface area contributed by atoms with Crippen molar-refractivity contribution >= 4 is 23.5 Å². The smallest absolute Gasteiger partial charge is 0.434 e. The quantitative estimate of drug-likeness (QED) is 0.875. The molecule has 0 radical (unpaired) electrons. The Morgan fingerprint density at radius 2 is 1.86 bits per heavy atom. The molecular formula is C15H15N3O4. The minimum atomic E-state index is -0.646. The van der Waals surface area contributed by atoms with Crippen LogP contribution >= 0.6 is 0 Å². The average molecular weight is 301 g/mol. The molecule has 0 bridgehead atoms. The molecule has 0 atom stereocenters. The Balaban J connectivity index is 2.06. The Morgan fingerprint density at radius 1 is 1.18 bits per heavy atom. The van der Waals surface area contributed by atoms with Gasteiger partial charge < -0.3 is 10.1 Å². The van der Waals surface area contributed by atoms with Crippen LogP contribution in [0.1, 0.15) is 34.7 Å². The van der Waals surface area contributed by atoms with E-state index in [2.05, 4.69) is 10.4 Å². The number of nitrogens with zero attached hydrogens (tertiary/aromatic N) is 2. The molecule has 7 nitrogen and oxygen atoms in total. The van der Waals surface area contributed by atoms with Crippen LogP contribution < -0.4 is 5.32 Å². The molecule has 2 rings (SSSR count). The summed E-state index contributed by atoms with van der Waals surface area (Å²) in [5, 5.41) is 6.48. The first-order chi connectivity index (χ1) is 10.5. The Kier molecular flexibility index (Phi) is 4.67. The Morgan fingerprint density at radius 3 is 2.45 bits per heavy atom. The maximum atomic E-state index is 12.0. The summed E-state index contributed by atoms with van der Waals surface area (Å²) in [4.78, 5) is 34.7. The lowest BCUT2D eigenvalue weighted by molar-refractivity contribution is 0.101. The monoisotopic (exact) mass is 301 g/mol. The Bertz CT molecular complexity index is 704. The van der Waals surface area contributed by atoms with E-state index in [4.69, 9.17) is 4.74 Å². The third kappa shape index (κ3) is 3.57. The Labute approximate surface area is 126 Å². The molecule has 0 fully saturated rings. The molecule has 0 spiro atoms. The SMILES string of the molecule is CCOC(=O)n1ccc(C(=O)Nc2ccc(C(C)=O)cc2)n1. The highest BCUT2D eigenvalue weighted by Crippen LogP contribution is 2.11. The number of aromatic nitrogens is 2. The number of carbonyl (C=O) groups excluding carboxylic acids is 3. The van der Waals surface area contributed by atoms with Gasteiger partial charge in [-0.25, -0.2) is 4.79 Å². The molecule has 0 aliphatic heterocycles. The van der Waals surface area contributed by atoms with Crippen molar-refractivity contribution in [1.29, 1.82) is 0 Å². The minimum absolute atomic E-state index is 0.0499. The first kappa shape index (κ1) is 15.4. The van der Waals surface area contributed by atoms with Crippen LogP contribution in [0.25, 0.3) is 0 Å². The molecule has 114 valence electrons. The molecule has 22 heavy (non-hydrogen) atoms. The van der Waals surface area contributed by atoms with Crippen LogP contribution in [-0.2, 0) is 4.74 Å². The molecule has 1 heterocycles. The van der Waals surface area contributed by atoms with E-state index in [0.717, 1.165) is 4.68 Å². The zero-order valence-electron chi connectivity index (χ0n) is 12.2. The van der Waals surface area contributed by atoms with Gasteiger partial charge in [0.2, 0.25) is 0 Å². The largest absolute Gasteiger partial charge is 0.448 e. The Hall–Kier alpha value is -2.96. The summed E-state index contributed by atoms with van der Waals surface area (Å²) in [6, 6.07) is 7.90. The fourth-order valence-electron chi connectivity index (χ4n) is 1.72. The van der Waals surface area contributed by atoms with Crippen molar-refractivity contribution in [2.24, 2.45) is 0 Å². The van der Waals surface area contributed by atoms with Crippen LogP contribution in [0.3, 0.4) is 0 Å². The van der Waals surface area contributed by atoms with E-state index >= 15 is 0 Å². The van der Waals surface area contributed by atoms with Crippen molar-refractivity contribution in [1.82, 2.24) is 9.78 Å². The van der Waals surface area contributed by atoms with Gasteiger partial charge in [-0.3, -0.25) is 9.59 Å². The molecule has 1 amide bonds. The second kappa shape index (κ2) is 6.66. The number of anilines is 1. The van der Waals surface area contributed by atoms with Gasteiger partial charge in [0.05, 0.1) is 6.61 Å². The van der Waals surface area contributed by atoms with Gasteiger partial charge in [0.15, 0.2) is 11.5 Å². The van der Waals surface area contributed by atoms with E-state index in [1.54, 1.807) is 31.2 Å². The molecule has 0 aliphatic rings. The van der Waals surface area contributed by atoms with Crippen molar-refractivity contribution in [3.63, 3.8) is 0 Å². The summed E-state index contributed by atoms with van der Waals surface area (Å²) in [6.07, 6.45) is 0.707. The summed E-state index contributed by atoms with van der Waals surface area (Å²) < 4.78 is 5.73. The molecule has 1 N–H and O–H groups in total. The van der Waals surface area contributed by atoms with Gasteiger partial charge in [0.25, 0.3) is 5.91 Å². The number of amides is 1. The number of nitrogens with one attached hydrogen (secondary N) is 1. The number of ether oxygens (including phenoxy) is 1. The number of ketones is 1. The topological polar surface area (TPSA) is 90.3 Å². The van der Waals surface area contributed by atoms with Gasteiger partial charge >= 0.3 is 6.09 Å². The van der Waals surface area contributed by atoms with E-state index in [0.29, 0.717) is 11.3 Å². The molecule has 1 aromatic heterocycles. The lowest BCUT2D eigenvalue weighted by Gasteiger charge is -2.04. The molecule has 0 saturated carbocycles. The number of hydrogen-bond donors (Lipinski definition) is 1. The lowest BCUT2D eigenvalue weighted by atomic mass is 10.1. The second-order valence-electron chi connectivity index (χ2n) is 4.43. The zero-order valence-corrected chi connectivity index (χ0v) is 12.2. The van der Waals surface area contributed by atoms with Gasteiger partial charge in [0, 0.05) is 17.4 Å². The predicted molar refractivity (Wildman–Crippen MR) is 79.0 cm³/mol. The van der Waals surface area contributed by atoms with Gasteiger partial charge in [-0.2, -0.15) is 9.78 Å². The van der Waals surface area contributed by atoms with Crippen molar-refractivity contribution in [2.45, 2.75) is 13.8 Å². The number of benzene rings is 1. The van der Waals surface area contributed by atoms with Crippen molar-refractivity contribution in [3.8, 4) is 0 Å². The number of rotatable bonds is 4. The summed E-state index contributed by atoms with van der Waals surface area (Å²) in [7, 11) is 0. The normalized spacial score (nSPS) is 10.1. The first-order valence-corrected chi connectivity index (χ1v) is 6.66. The molecule has 0 unspecified atom stereocenters. The maximum Gasteiger partial charge on any atom is 0.434 e. The zero-order chi connectivity index (χ0) is 16.1. The lowest BCUT2D eigenvalue weighted by Crippen LogP contribution is -2.17. The number of Topliss-reactive ketones (excluding diaryl/α,β-unsaturated/α-hetero) is 1. The molecule has 1 aromatic carbocycles. The second-order valence-corrected chi connectivity index (χ2v) is 4.43. The average Bonchev–Trinajstić information content (AvgIpc) is 2.98. The van der Waals surface area contributed by atoms with Gasteiger partial charge in [-0.1, -0.05) is 0 Å². The maximum absolute atomic E-state index is 12.0. The highest BCUT2D eigenvalue weighted by molar-refractivity contribution is 6.03. The summed E-state index contributed by atoms with van der Waals surface area (Å²) in [5.41, 5.74) is 1.17. The molecule has 0 saturated heterocycles. The first-order valence-electron chi connectivity index (χ1n) is 6.66. The number of carbonyl (C=O) groups is 3. The van der Waals surface area contributed by atoms with Crippen molar-refractivity contribution in [2.75, 3.05) is 11.9 Å². The van der Waals surface area contributed by atoms with Crippen LogP contribution in [0.5, 0.6) is 0 Å². The van der Waals surface area contributed by atoms with E-state index in [9.17, 15) is 14.4 Å². The van der Waals surface area contributed by atoms with Crippen LogP contribution in [0.4, 0.5) is 10.5 Å². The van der Waals surface area contributed by atoms with Crippen molar-refractivity contribution < 1.29 is 19.1 Å². The van der Waals surface area contributed by atoms with Crippen molar-refractivity contribution in [3.05, 3.63) is 47.8 Å². The van der Waals surface area contributed by atoms with Crippen LogP contribution in [-0.4, -0.2) is 34.2 Å². The summed E-state index contributed by atoms with van der Waals surface area (Å²) >= 11 is 0. The standard InChI is InChI=1S/C15H15N3O4/c1-3-22-15(21)18-9-8-13(17-18)14(20)16-12-6-4-11(5-7-12)10(2)19/h4-9H,3H2,1-2H3,(H,16,20). The molecule has 7 heteroatoms. The summed E-state index contributed by atoms with van der Waals surface area (Å²) in [6.45, 7) is 3.37. The molecule has 2 aromatic rings. The molecular weight excluding hydrogens is 286 g/mol. The van der Waals surface area contributed by atoms with Gasteiger partial charge in [0.1, 0.15) is 0 Å². The fourth-order valence-corrected chi connectivity index (χ4v) is 1.72. The van der Waals surface area contributed by atoms with E-state index in [1.165, 1.54) is 19.2 Å². The highest BCUT2D eigenvalue weighted by Gasteiger charge is 2.13. The van der Waals surface area contributed by atoms with E-state index < -0.39 is 12.0 Å². The van der Waals surface area contributed by atoms with E-state index in [1.807, 2.05) is 0 Å². The van der Waals surface area contributed by atoms with E-state index in [-0.39, 0.29) is 18.1 Å². The van der Waals surface area contributed by atoms with Gasteiger partial charge in [-0.05, 0) is 44.2 Å². The highest BCUT2D eigenvalue weighted by atomic mass is 16.5.